The van der Waals surface area contributed by atoms with Crippen molar-refractivity contribution in [3.63, 3.8) is 0 Å². The molecule has 1 aliphatic heterocycles. The zero-order valence-electron chi connectivity index (χ0n) is 13.0. The van der Waals surface area contributed by atoms with E-state index in [2.05, 4.69) is 9.98 Å². The number of nitriles is 1. The van der Waals surface area contributed by atoms with Crippen molar-refractivity contribution in [1.82, 2.24) is 4.98 Å². The predicted molar refractivity (Wildman–Crippen MR) is 93.5 cm³/mol. The molecule has 0 fully saturated rings. The molecule has 1 unspecified atom stereocenters. The van der Waals surface area contributed by atoms with Crippen molar-refractivity contribution >= 4 is 29.1 Å². The average Bonchev–Trinajstić information content (AvgIpc) is 2.96. The van der Waals surface area contributed by atoms with Gasteiger partial charge in [0.1, 0.15) is 11.8 Å². The van der Waals surface area contributed by atoms with Gasteiger partial charge >= 0.3 is 5.79 Å². The van der Waals surface area contributed by atoms with Gasteiger partial charge in [-0.15, -0.1) is 0 Å². The maximum absolute atomic E-state index is 14.0. The lowest BCUT2D eigenvalue weighted by atomic mass is 10.1. The number of pyridine rings is 1. The number of aromatic nitrogens is 1. The molecule has 0 radical (unpaired) electrons. The highest BCUT2D eigenvalue weighted by Gasteiger charge is 2.27. The first kappa shape index (κ1) is 15.0. The Bertz CT molecular complexity index is 1190. The number of phenolic OH excluding ortho intramolecular Hbond substituents is 1. The zero-order valence-corrected chi connectivity index (χ0v) is 13.0. The van der Waals surface area contributed by atoms with Crippen LogP contribution in [0.4, 0.5) is 4.39 Å². The molecule has 2 heterocycles. The van der Waals surface area contributed by atoms with Crippen LogP contribution >= 0.6 is 0 Å². The topological polar surface area (TPSA) is 69.3 Å². The van der Waals surface area contributed by atoms with E-state index in [4.69, 9.17) is 5.26 Å². The van der Waals surface area contributed by atoms with Gasteiger partial charge in [0, 0.05) is 10.6 Å². The molecule has 0 amide bonds. The van der Waals surface area contributed by atoms with Crippen molar-refractivity contribution in [3.8, 4) is 11.8 Å². The number of benzene rings is 2. The van der Waals surface area contributed by atoms with E-state index >= 15 is 0 Å². The maximum Gasteiger partial charge on any atom is 0.306 e. The molecular weight excluding hydrogens is 317 g/mol. The highest BCUT2D eigenvalue weighted by Crippen LogP contribution is 2.19. The third kappa shape index (κ3) is 2.86. The van der Waals surface area contributed by atoms with Crippen LogP contribution in [0.2, 0.25) is 0 Å². The van der Waals surface area contributed by atoms with E-state index in [9.17, 15) is 9.50 Å². The lowest BCUT2D eigenvalue weighted by molar-refractivity contribution is 0.342. The van der Waals surface area contributed by atoms with Crippen molar-refractivity contribution in [3.05, 3.63) is 70.4 Å². The highest BCUT2D eigenvalue weighted by atomic mass is 19.1. The molecule has 0 aliphatic carbocycles. The first-order chi connectivity index (χ1) is 12.0. The molecule has 4 nitrogen and oxygen atoms in total. The molecule has 3 aromatic rings. The van der Waals surface area contributed by atoms with Gasteiger partial charge in [-0.25, -0.2) is 9.98 Å². The molecular formula is C20H12FN3O. The Morgan fingerprint density at radius 1 is 1.08 bits per heavy atom. The van der Waals surface area contributed by atoms with Crippen molar-refractivity contribution in [2.24, 2.45) is 4.99 Å². The fourth-order valence-corrected chi connectivity index (χ4v) is 2.76. The third-order valence-corrected chi connectivity index (χ3v) is 3.98. The summed E-state index contributed by atoms with van der Waals surface area (Å²) in [7, 11) is 0. The number of phenols is 1. The quantitative estimate of drug-likeness (QED) is 0.735. The fourth-order valence-electron chi connectivity index (χ4n) is 2.76. The normalized spacial score (nSPS) is 18.6. The second-order valence-electron chi connectivity index (χ2n) is 5.81. The number of hydrogen-bond donors (Lipinski definition) is 1. The van der Waals surface area contributed by atoms with Crippen LogP contribution in [0.15, 0.2) is 53.5 Å². The summed E-state index contributed by atoms with van der Waals surface area (Å²) < 4.78 is 14.0. The molecule has 1 atom stereocenters. The number of fused-ring (bicyclic) bond motifs is 2. The van der Waals surface area contributed by atoms with Gasteiger partial charge in [-0.2, -0.15) is 9.65 Å². The second-order valence-corrected chi connectivity index (χ2v) is 5.81. The van der Waals surface area contributed by atoms with Gasteiger partial charge in [0.25, 0.3) is 0 Å². The average molecular weight is 329 g/mol. The van der Waals surface area contributed by atoms with Gasteiger partial charge in [-0.05, 0) is 48.0 Å². The summed E-state index contributed by atoms with van der Waals surface area (Å²) in [5.41, 5.74) is 2.39. The van der Waals surface area contributed by atoms with Crippen molar-refractivity contribution in [2.75, 3.05) is 0 Å². The number of rotatable bonds is 2. The van der Waals surface area contributed by atoms with Gasteiger partial charge in [0.15, 0.2) is 0 Å². The predicted octanol–water partition coefficient (Wildman–Crippen LogP) is 2.71. The number of halogens is 1. The Morgan fingerprint density at radius 2 is 1.96 bits per heavy atom. The van der Waals surface area contributed by atoms with E-state index < -0.39 is 5.79 Å². The lowest BCUT2D eigenvalue weighted by Crippen LogP contribution is -2.20. The largest absolute Gasteiger partial charge is 0.508 e. The third-order valence-electron chi connectivity index (χ3n) is 3.98. The summed E-state index contributed by atoms with van der Waals surface area (Å²) in [6.45, 7) is 0. The zero-order chi connectivity index (χ0) is 17.4. The van der Waals surface area contributed by atoms with E-state index in [0.29, 0.717) is 10.6 Å². The monoisotopic (exact) mass is 329 g/mol. The highest BCUT2D eigenvalue weighted by molar-refractivity contribution is 5.82. The van der Waals surface area contributed by atoms with Crippen LogP contribution in [-0.2, 0) is 0 Å². The molecule has 0 bridgehead atoms. The van der Waals surface area contributed by atoms with Crippen LogP contribution in [0.25, 0.3) is 29.1 Å². The van der Waals surface area contributed by atoms with Crippen molar-refractivity contribution in [2.45, 2.75) is 5.79 Å². The summed E-state index contributed by atoms with van der Waals surface area (Å²) >= 11 is 0. The minimum atomic E-state index is -2.27. The van der Waals surface area contributed by atoms with Crippen LogP contribution in [0.5, 0.6) is 5.75 Å². The smallest absolute Gasteiger partial charge is 0.306 e. The molecule has 0 saturated carbocycles. The summed E-state index contributed by atoms with van der Waals surface area (Å²) in [6, 6.07) is 15.6. The second kappa shape index (κ2) is 5.53. The van der Waals surface area contributed by atoms with E-state index in [-0.39, 0.29) is 5.75 Å². The Hall–Kier alpha value is -3.52. The van der Waals surface area contributed by atoms with Crippen molar-refractivity contribution in [1.29, 1.82) is 5.26 Å². The Kier molecular flexibility index (Phi) is 3.33. The van der Waals surface area contributed by atoms with Crippen LogP contribution in [0, 0.1) is 11.3 Å². The SMILES string of the molecule is N#CC1(F)C=c2ccc(/C=C/c3ccc4cc(O)ccc4n3)cc2=N1. The standard InChI is InChI=1S/C20H12FN3O/c21-20(12-22)11-15-3-1-13(9-19(15)24-20)2-5-16-6-4-14-10-17(25)7-8-18(14)23-16/h1-11,25H/b5-2+. The first-order valence-corrected chi connectivity index (χ1v) is 7.66. The van der Waals surface area contributed by atoms with Gasteiger partial charge in [-0.1, -0.05) is 24.3 Å². The molecule has 0 spiro atoms. The molecule has 0 saturated heterocycles. The fraction of sp³-hybridized carbons (Fsp3) is 0.0500. The minimum Gasteiger partial charge on any atom is -0.508 e. The van der Waals surface area contributed by atoms with Gasteiger partial charge < -0.3 is 5.11 Å². The molecule has 1 N–H and O–H groups in total. The molecule has 1 aliphatic rings. The van der Waals surface area contributed by atoms with Crippen LogP contribution in [0.3, 0.4) is 0 Å². The summed E-state index contributed by atoms with van der Waals surface area (Å²) in [6.07, 6.45) is 4.92. The van der Waals surface area contributed by atoms with Gasteiger partial charge in [0.05, 0.1) is 16.6 Å². The van der Waals surface area contributed by atoms with E-state index in [1.54, 1.807) is 36.4 Å². The maximum atomic E-state index is 14.0. The Morgan fingerprint density at radius 3 is 2.80 bits per heavy atom. The van der Waals surface area contributed by atoms with Gasteiger partial charge in [-0.3, -0.25) is 0 Å². The molecule has 120 valence electrons. The van der Waals surface area contributed by atoms with Crippen LogP contribution in [-0.4, -0.2) is 15.9 Å². The summed E-state index contributed by atoms with van der Waals surface area (Å²) in [4.78, 5) is 8.32. The number of aromatic hydroxyl groups is 1. The number of alkyl halides is 1. The first-order valence-electron chi connectivity index (χ1n) is 7.66. The minimum absolute atomic E-state index is 0.206. The lowest BCUT2D eigenvalue weighted by Gasteiger charge is -2.00. The van der Waals surface area contributed by atoms with Gasteiger partial charge in [0.2, 0.25) is 0 Å². The molecule has 4 rings (SSSR count). The van der Waals surface area contributed by atoms with Crippen molar-refractivity contribution < 1.29 is 9.50 Å². The van der Waals surface area contributed by atoms with E-state index in [1.165, 1.54) is 6.08 Å². The number of hydrogen-bond acceptors (Lipinski definition) is 4. The molecule has 1 aromatic heterocycles. The molecule has 2 aromatic carbocycles. The Labute approximate surface area is 142 Å². The van der Waals surface area contributed by atoms with Crippen LogP contribution in [0.1, 0.15) is 11.3 Å². The number of nitrogens with zero attached hydrogens (tertiary/aromatic N) is 3. The molecule has 25 heavy (non-hydrogen) atoms. The van der Waals surface area contributed by atoms with E-state index in [1.807, 2.05) is 30.4 Å². The van der Waals surface area contributed by atoms with Crippen LogP contribution < -0.4 is 10.6 Å². The van der Waals surface area contributed by atoms with E-state index in [0.717, 1.165) is 22.2 Å². The summed E-state index contributed by atoms with van der Waals surface area (Å²) in [5, 5.41) is 20.3. The summed E-state index contributed by atoms with van der Waals surface area (Å²) in [5.74, 6) is -2.06. The Balaban J connectivity index is 1.67. The molecule has 5 heteroatoms.